The van der Waals surface area contributed by atoms with Crippen LogP contribution in [0, 0.1) is 13.8 Å². The van der Waals surface area contributed by atoms with E-state index in [0.717, 1.165) is 54.3 Å². The number of ether oxygens (including phenoxy) is 2. The van der Waals surface area contributed by atoms with Crippen molar-refractivity contribution >= 4 is 5.91 Å². The van der Waals surface area contributed by atoms with Gasteiger partial charge < -0.3 is 14.4 Å². The molecule has 6 heteroatoms. The molecule has 0 N–H and O–H groups in total. The van der Waals surface area contributed by atoms with Crippen LogP contribution < -0.4 is 4.74 Å². The van der Waals surface area contributed by atoms with Crippen LogP contribution in [0.4, 0.5) is 0 Å². The molecule has 146 valence electrons. The first kappa shape index (κ1) is 19.4. The molecule has 1 amide bonds. The van der Waals surface area contributed by atoms with Gasteiger partial charge in [-0.2, -0.15) is 5.10 Å². The lowest BCUT2D eigenvalue weighted by molar-refractivity contribution is 0.0679. The molecule has 0 saturated heterocycles. The van der Waals surface area contributed by atoms with Crippen molar-refractivity contribution in [1.29, 1.82) is 0 Å². The van der Waals surface area contributed by atoms with E-state index in [4.69, 9.17) is 9.47 Å². The molecular weight excluding hydrogens is 342 g/mol. The summed E-state index contributed by atoms with van der Waals surface area (Å²) in [6.07, 6.45) is 1.95. The van der Waals surface area contributed by atoms with Crippen molar-refractivity contribution in [2.75, 3.05) is 26.9 Å². The summed E-state index contributed by atoms with van der Waals surface area (Å²) in [5, 5.41) is 4.58. The van der Waals surface area contributed by atoms with Crippen LogP contribution in [0.2, 0.25) is 0 Å². The van der Waals surface area contributed by atoms with Gasteiger partial charge in [0.05, 0.1) is 18.9 Å². The topological polar surface area (TPSA) is 56.6 Å². The van der Waals surface area contributed by atoms with Gasteiger partial charge in [0.2, 0.25) is 0 Å². The van der Waals surface area contributed by atoms with Gasteiger partial charge in [-0.1, -0.05) is 0 Å². The number of aromatic nitrogens is 2. The van der Waals surface area contributed by atoms with Crippen LogP contribution in [0.15, 0.2) is 18.2 Å². The standard InChI is InChI=1S/C21H29N3O3/c1-5-24-16(3)19(15(2)22-24)14-23(10-12-26-4)21(25)18-8-9-20-17(13-18)7-6-11-27-20/h8-9,13H,5-7,10-12,14H2,1-4H3. The second kappa shape index (κ2) is 8.57. The van der Waals surface area contributed by atoms with Crippen LogP contribution in [0.25, 0.3) is 0 Å². The zero-order valence-corrected chi connectivity index (χ0v) is 16.7. The number of rotatable bonds is 7. The van der Waals surface area contributed by atoms with E-state index in [1.165, 1.54) is 0 Å². The fourth-order valence-corrected chi connectivity index (χ4v) is 3.59. The van der Waals surface area contributed by atoms with E-state index in [2.05, 4.69) is 18.9 Å². The van der Waals surface area contributed by atoms with Gasteiger partial charge in [0.25, 0.3) is 5.91 Å². The average molecular weight is 371 g/mol. The van der Waals surface area contributed by atoms with Gasteiger partial charge in [-0.15, -0.1) is 0 Å². The molecule has 1 aromatic carbocycles. The summed E-state index contributed by atoms with van der Waals surface area (Å²) < 4.78 is 12.9. The SMILES string of the molecule is CCn1nc(C)c(CN(CCOC)C(=O)c2ccc3c(c2)CCCO3)c1C. The van der Waals surface area contributed by atoms with Crippen LogP contribution >= 0.6 is 0 Å². The summed E-state index contributed by atoms with van der Waals surface area (Å²) in [5.74, 6) is 0.917. The molecule has 1 aromatic heterocycles. The molecular formula is C21H29N3O3. The molecule has 0 fully saturated rings. The number of nitrogens with zero attached hydrogens (tertiary/aromatic N) is 3. The Hall–Kier alpha value is -2.34. The Morgan fingerprint density at radius 2 is 2.19 bits per heavy atom. The minimum atomic E-state index is 0.0171. The van der Waals surface area contributed by atoms with E-state index in [1.54, 1.807) is 7.11 Å². The highest BCUT2D eigenvalue weighted by atomic mass is 16.5. The Balaban J connectivity index is 1.86. The monoisotopic (exact) mass is 371 g/mol. The van der Waals surface area contributed by atoms with Gasteiger partial charge in [0, 0.05) is 43.6 Å². The van der Waals surface area contributed by atoms with Crippen molar-refractivity contribution in [3.8, 4) is 5.75 Å². The maximum atomic E-state index is 13.2. The molecule has 0 radical (unpaired) electrons. The third-order valence-electron chi connectivity index (χ3n) is 5.19. The normalized spacial score (nSPS) is 13.2. The van der Waals surface area contributed by atoms with E-state index < -0.39 is 0 Å². The predicted molar refractivity (Wildman–Crippen MR) is 104 cm³/mol. The second-order valence-electron chi connectivity index (χ2n) is 6.96. The first-order valence-electron chi connectivity index (χ1n) is 9.62. The molecule has 0 saturated carbocycles. The van der Waals surface area contributed by atoms with E-state index in [1.807, 2.05) is 34.7 Å². The van der Waals surface area contributed by atoms with Gasteiger partial charge in [-0.05, 0) is 57.4 Å². The number of methoxy groups -OCH3 is 1. The van der Waals surface area contributed by atoms with Crippen molar-refractivity contribution in [1.82, 2.24) is 14.7 Å². The maximum Gasteiger partial charge on any atom is 0.254 e. The molecule has 0 unspecified atom stereocenters. The summed E-state index contributed by atoms with van der Waals surface area (Å²) in [6.45, 7) is 9.29. The van der Waals surface area contributed by atoms with Crippen molar-refractivity contribution < 1.29 is 14.3 Å². The molecule has 2 aromatic rings. The first-order chi connectivity index (χ1) is 13.0. The molecule has 1 aliphatic heterocycles. The number of benzene rings is 1. The minimum absolute atomic E-state index is 0.0171. The zero-order valence-electron chi connectivity index (χ0n) is 16.7. The summed E-state index contributed by atoms with van der Waals surface area (Å²) >= 11 is 0. The zero-order chi connectivity index (χ0) is 19.4. The fourth-order valence-electron chi connectivity index (χ4n) is 3.59. The predicted octanol–water partition coefficient (Wildman–Crippen LogP) is 3.13. The molecule has 27 heavy (non-hydrogen) atoms. The molecule has 0 spiro atoms. The van der Waals surface area contributed by atoms with Crippen LogP contribution in [-0.2, 0) is 24.2 Å². The highest BCUT2D eigenvalue weighted by molar-refractivity contribution is 5.94. The van der Waals surface area contributed by atoms with Crippen LogP contribution in [0.3, 0.4) is 0 Å². The number of aryl methyl sites for hydroxylation is 3. The van der Waals surface area contributed by atoms with Gasteiger partial charge in [0.1, 0.15) is 5.75 Å². The van der Waals surface area contributed by atoms with E-state index in [9.17, 15) is 4.79 Å². The van der Waals surface area contributed by atoms with Gasteiger partial charge in [0.15, 0.2) is 0 Å². The Morgan fingerprint density at radius 3 is 2.89 bits per heavy atom. The second-order valence-corrected chi connectivity index (χ2v) is 6.96. The van der Waals surface area contributed by atoms with Crippen LogP contribution in [0.5, 0.6) is 5.75 Å². The van der Waals surface area contributed by atoms with Gasteiger partial charge in [-0.25, -0.2) is 0 Å². The first-order valence-corrected chi connectivity index (χ1v) is 9.62. The summed E-state index contributed by atoms with van der Waals surface area (Å²) in [7, 11) is 1.66. The third-order valence-corrected chi connectivity index (χ3v) is 5.19. The minimum Gasteiger partial charge on any atom is -0.493 e. The Labute approximate surface area is 161 Å². The summed E-state index contributed by atoms with van der Waals surface area (Å²) in [4.78, 5) is 15.1. The quantitative estimate of drug-likeness (QED) is 0.750. The van der Waals surface area contributed by atoms with Gasteiger partial charge in [-0.3, -0.25) is 9.48 Å². The Kier molecular flexibility index (Phi) is 6.16. The number of hydrogen-bond donors (Lipinski definition) is 0. The summed E-state index contributed by atoms with van der Waals surface area (Å²) in [5.41, 5.74) is 5.02. The Morgan fingerprint density at radius 1 is 1.37 bits per heavy atom. The summed E-state index contributed by atoms with van der Waals surface area (Å²) in [6, 6.07) is 5.76. The number of amides is 1. The number of carbonyl (C=O) groups is 1. The smallest absolute Gasteiger partial charge is 0.254 e. The fraction of sp³-hybridized carbons (Fsp3) is 0.524. The molecule has 0 aliphatic carbocycles. The lowest BCUT2D eigenvalue weighted by atomic mass is 10.0. The molecule has 1 aliphatic rings. The van der Waals surface area contributed by atoms with Crippen molar-refractivity contribution in [3.63, 3.8) is 0 Å². The van der Waals surface area contributed by atoms with E-state index in [-0.39, 0.29) is 5.91 Å². The molecule has 6 nitrogen and oxygen atoms in total. The van der Waals surface area contributed by atoms with Crippen LogP contribution in [-0.4, -0.2) is 47.5 Å². The molecule has 3 rings (SSSR count). The number of fused-ring (bicyclic) bond motifs is 1. The molecule has 0 bridgehead atoms. The van der Waals surface area contributed by atoms with Crippen LogP contribution in [0.1, 0.15) is 46.2 Å². The van der Waals surface area contributed by atoms with Crippen molar-refractivity contribution in [3.05, 3.63) is 46.3 Å². The van der Waals surface area contributed by atoms with Crippen molar-refractivity contribution in [2.24, 2.45) is 0 Å². The lowest BCUT2D eigenvalue weighted by Gasteiger charge is -2.24. The Bertz CT molecular complexity index is 813. The molecule has 2 heterocycles. The van der Waals surface area contributed by atoms with Crippen molar-refractivity contribution in [2.45, 2.75) is 46.7 Å². The third kappa shape index (κ3) is 4.16. The lowest BCUT2D eigenvalue weighted by Crippen LogP contribution is -2.34. The highest BCUT2D eigenvalue weighted by Gasteiger charge is 2.22. The maximum absolute atomic E-state index is 13.2. The van der Waals surface area contributed by atoms with E-state index in [0.29, 0.717) is 25.3 Å². The average Bonchev–Trinajstić information content (AvgIpc) is 2.97. The van der Waals surface area contributed by atoms with Gasteiger partial charge >= 0.3 is 0 Å². The van der Waals surface area contributed by atoms with E-state index >= 15 is 0 Å². The number of hydrogen-bond acceptors (Lipinski definition) is 4. The largest absolute Gasteiger partial charge is 0.493 e. The molecule has 0 atom stereocenters. The number of carbonyl (C=O) groups excluding carboxylic acids is 1. The highest BCUT2D eigenvalue weighted by Crippen LogP contribution is 2.26.